The first kappa shape index (κ1) is 24.0. The molecule has 0 heterocycles. The number of anilines is 2. The van der Waals surface area contributed by atoms with Gasteiger partial charge in [-0.05, 0) is 69.3 Å². The van der Waals surface area contributed by atoms with Crippen molar-refractivity contribution in [2.24, 2.45) is 0 Å². The SMILES string of the molecule is COc1ccc(Nc2ccc3c(c2)C(c2ccccc2)(c2ccccc2)c2ccccc2-3)cc1-c1ccccc1. The zero-order valence-corrected chi connectivity index (χ0v) is 22.3. The molecule has 2 heteroatoms. The molecule has 0 fully saturated rings. The lowest BCUT2D eigenvalue weighted by Crippen LogP contribution is -2.28. The lowest BCUT2D eigenvalue weighted by Gasteiger charge is -2.34. The lowest BCUT2D eigenvalue weighted by atomic mass is 9.67. The average Bonchev–Trinajstić information content (AvgIpc) is 3.33. The second kappa shape index (κ2) is 9.91. The fourth-order valence-electron chi connectivity index (χ4n) is 6.32. The van der Waals surface area contributed by atoms with Gasteiger partial charge in [-0.15, -0.1) is 0 Å². The summed E-state index contributed by atoms with van der Waals surface area (Å²) in [6.45, 7) is 0. The highest BCUT2D eigenvalue weighted by atomic mass is 16.5. The largest absolute Gasteiger partial charge is 0.496 e. The van der Waals surface area contributed by atoms with Crippen molar-refractivity contribution >= 4 is 11.4 Å². The number of benzene rings is 6. The molecule has 6 aromatic rings. The van der Waals surface area contributed by atoms with E-state index in [9.17, 15) is 0 Å². The molecule has 6 aromatic carbocycles. The van der Waals surface area contributed by atoms with E-state index in [4.69, 9.17) is 4.74 Å². The molecule has 2 nitrogen and oxygen atoms in total. The zero-order chi connectivity index (χ0) is 26.9. The number of methoxy groups -OCH3 is 1. The first-order valence-corrected chi connectivity index (χ1v) is 13.6. The van der Waals surface area contributed by atoms with Gasteiger partial charge in [-0.25, -0.2) is 0 Å². The molecule has 0 atom stereocenters. The molecule has 192 valence electrons. The van der Waals surface area contributed by atoms with Gasteiger partial charge in [0.25, 0.3) is 0 Å². The van der Waals surface area contributed by atoms with E-state index in [-0.39, 0.29) is 0 Å². The molecule has 7 rings (SSSR count). The van der Waals surface area contributed by atoms with E-state index < -0.39 is 5.41 Å². The molecule has 1 aliphatic carbocycles. The van der Waals surface area contributed by atoms with Crippen molar-refractivity contribution in [1.29, 1.82) is 0 Å². The highest BCUT2D eigenvalue weighted by Gasteiger charge is 2.45. The van der Waals surface area contributed by atoms with E-state index in [2.05, 4.69) is 145 Å². The Labute approximate surface area is 235 Å². The highest BCUT2D eigenvalue weighted by Crippen LogP contribution is 2.56. The van der Waals surface area contributed by atoms with E-state index >= 15 is 0 Å². The van der Waals surface area contributed by atoms with Crippen LogP contribution in [0, 0.1) is 0 Å². The van der Waals surface area contributed by atoms with Gasteiger partial charge in [-0.1, -0.05) is 121 Å². The Hall–Kier alpha value is -5.08. The molecule has 0 radical (unpaired) electrons. The Morgan fingerprint density at radius 2 is 1.02 bits per heavy atom. The summed E-state index contributed by atoms with van der Waals surface area (Å²) >= 11 is 0. The van der Waals surface area contributed by atoms with Crippen LogP contribution in [-0.2, 0) is 5.41 Å². The molecule has 40 heavy (non-hydrogen) atoms. The van der Waals surface area contributed by atoms with Gasteiger partial charge < -0.3 is 10.1 Å². The summed E-state index contributed by atoms with van der Waals surface area (Å²) < 4.78 is 5.70. The summed E-state index contributed by atoms with van der Waals surface area (Å²) in [5, 5.41) is 3.71. The van der Waals surface area contributed by atoms with Crippen LogP contribution in [0.5, 0.6) is 5.75 Å². The number of hydrogen-bond acceptors (Lipinski definition) is 2. The summed E-state index contributed by atoms with van der Waals surface area (Å²) in [4.78, 5) is 0. The molecule has 0 saturated heterocycles. The molecule has 0 saturated carbocycles. The van der Waals surface area contributed by atoms with Gasteiger partial charge in [0.1, 0.15) is 5.75 Å². The van der Waals surface area contributed by atoms with Crippen LogP contribution in [0.25, 0.3) is 22.3 Å². The fraction of sp³-hybridized carbons (Fsp3) is 0.0526. The van der Waals surface area contributed by atoms with Gasteiger partial charge in [-0.3, -0.25) is 0 Å². The van der Waals surface area contributed by atoms with E-state index in [0.29, 0.717) is 0 Å². The van der Waals surface area contributed by atoms with Gasteiger partial charge >= 0.3 is 0 Å². The Morgan fingerprint density at radius 1 is 0.475 bits per heavy atom. The van der Waals surface area contributed by atoms with Crippen LogP contribution in [0.4, 0.5) is 11.4 Å². The van der Waals surface area contributed by atoms with Gasteiger partial charge in [0.15, 0.2) is 0 Å². The zero-order valence-electron chi connectivity index (χ0n) is 22.3. The second-order valence-electron chi connectivity index (χ2n) is 10.2. The second-order valence-corrected chi connectivity index (χ2v) is 10.2. The van der Waals surface area contributed by atoms with Crippen molar-refractivity contribution in [3.8, 4) is 28.0 Å². The minimum Gasteiger partial charge on any atom is -0.496 e. The molecule has 0 unspecified atom stereocenters. The number of ether oxygens (including phenoxy) is 1. The van der Waals surface area contributed by atoms with Crippen LogP contribution < -0.4 is 10.1 Å². The maximum absolute atomic E-state index is 5.70. The minimum absolute atomic E-state index is 0.415. The smallest absolute Gasteiger partial charge is 0.126 e. The Kier molecular flexibility index (Phi) is 5.94. The molecular weight excluding hydrogens is 486 g/mol. The highest BCUT2D eigenvalue weighted by molar-refractivity contribution is 5.88. The molecule has 1 N–H and O–H groups in total. The summed E-state index contributed by atoms with van der Waals surface area (Å²) in [5.41, 5.74) is 11.5. The number of nitrogens with one attached hydrogen (secondary N) is 1. The van der Waals surface area contributed by atoms with Gasteiger partial charge in [0, 0.05) is 16.9 Å². The van der Waals surface area contributed by atoms with Crippen molar-refractivity contribution in [1.82, 2.24) is 0 Å². The topological polar surface area (TPSA) is 21.3 Å². The summed E-state index contributed by atoms with van der Waals surface area (Å²) in [7, 11) is 1.72. The van der Waals surface area contributed by atoms with Crippen LogP contribution in [-0.4, -0.2) is 7.11 Å². The van der Waals surface area contributed by atoms with E-state index in [1.54, 1.807) is 7.11 Å². The lowest BCUT2D eigenvalue weighted by molar-refractivity contribution is 0.416. The van der Waals surface area contributed by atoms with Crippen molar-refractivity contribution in [2.45, 2.75) is 5.41 Å². The van der Waals surface area contributed by atoms with E-state index in [1.165, 1.54) is 33.4 Å². The number of hydrogen-bond donors (Lipinski definition) is 1. The van der Waals surface area contributed by atoms with Crippen LogP contribution in [0.15, 0.2) is 152 Å². The third kappa shape index (κ3) is 3.80. The van der Waals surface area contributed by atoms with Crippen molar-refractivity contribution in [3.05, 3.63) is 174 Å². The van der Waals surface area contributed by atoms with E-state index in [0.717, 1.165) is 28.3 Å². The predicted octanol–water partition coefficient (Wildman–Crippen LogP) is 9.47. The first-order valence-electron chi connectivity index (χ1n) is 13.6. The first-order chi connectivity index (χ1) is 19.8. The maximum atomic E-state index is 5.70. The Morgan fingerprint density at radius 3 is 1.70 bits per heavy atom. The van der Waals surface area contributed by atoms with Gasteiger partial charge in [0.2, 0.25) is 0 Å². The molecule has 0 aromatic heterocycles. The Bertz CT molecular complexity index is 1750. The van der Waals surface area contributed by atoms with Crippen LogP contribution in [0.3, 0.4) is 0 Å². The number of fused-ring (bicyclic) bond motifs is 3. The van der Waals surface area contributed by atoms with Crippen LogP contribution >= 0.6 is 0 Å². The van der Waals surface area contributed by atoms with Gasteiger partial charge in [-0.2, -0.15) is 0 Å². The molecule has 1 aliphatic rings. The fourth-order valence-corrected chi connectivity index (χ4v) is 6.32. The summed E-state index contributed by atoms with van der Waals surface area (Å²) in [5.74, 6) is 0.855. The average molecular weight is 516 g/mol. The standard InChI is InChI=1S/C38H29NO/c1-40-37-24-22-30(25-34(37)27-13-5-2-6-14-27)39-31-21-23-33-32-19-11-12-20-35(32)38(36(33)26-31,28-15-7-3-8-16-28)29-17-9-4-10-18-29/h2-26,39H,1H3. The normalized spacial score (nSPS) is 12.8. The third-order valence-electron chi connectivity index (χ3n) is 8.03. The van der Waals surface area contributed by atoms with Crippen molar-refractivity contribution < 1.29 is 4.74 Å². The summed E-state index contributed by atoms with van der Waals surface area (Å²) in [6, 6.07) is 54.1. The van der Waals surface area contributed by atoms with Gasteiger partial charge in [0.05, 0.1) is 12.5 Å². The predicted molar refractivity (Wildman–Crippen MR) is 165 cm³/mol. The maximum Gasteiger partial charge on any atom is 0.126 e. The molecular formula is C38H29NO. The monoisotopic (exact) mass is 515 g/mol. The summed E-state index contributed by atoms with van der Waals surface area (Å²) in [6.07, 6.45) is 0. The quantitative estimate of drug-likeness (QED) is 0.238. The molecule has 0 bridgehead atoms. The van der Waals surface area contributed by atoms with Crippen LogP contribution in [0.2, 0.25) is 0 Å². The molecule has 0 amide bonds. The van der Waals surface area contributed by atoms with Crippen molar-refractivity contribution in [3.63, 3.8) is 0 Å². The van der Waals surface area contributed by atoms with Crippen molar-refractivity contribution in [2.75, 3.05) is 12.4 Å². The van der Waals surface area contributed by atoms with Crippen LogP contribution in [0.1, 0.15) is 22.3 Å². The third-order valence-corrected chi connectivity index (χ3v) is 8.03. The minimum atomic E-state index is -0.415. The molecule has 0 spiro atoms. The Balaban J connectivity index is 1.40. The number of rotatable bonds is 6. The molecule has 0 aliphatic heterocycles. The van der Waals surface area contributed by atoms with E-state index in [1.807, 2.05) is 12.1 Å².